The van der Waals surface area contributed by atoms with Crippen LogP contribution in [0.3, 0.4) is 0 Å². The second-order valence-corrected chi connectivity index (χ2v) is 7.90. The number of anilines is 1. The Kier molecular flexibility index (Phi) is 3.54. The summed E-state index contributed by atoms with van der Waals surface area (Å²) in [5, 5.41) is 0. The molecule has 1 aromatic rings. The third-order valence-electron chi connectivity index (χ3n) is 4.19. The van der Waals surface area contributed by atoms with Gasteiger partial charge in [0, 0.05) is 12.2 Å². The Morgan fingerprint density at radius 3 is 2.80 bits per heavy atom. The van der Waals surface area contributed by atoms with Crippen LogP contribution in [0.2, 0.25) is 0 Å². The summed E-state index contributed by atoms with van der Waals surface area (Å²) in [5.74, 6) is -0.127. The van der Waals surface area contributed by atoms with E-state index in [0.29, 0.717) is 19.4 Å². The highest BCUT2D eigenvalue weighted by atomic mass is 32.2. The summed E-state index contributed by atoms with van der Waals surface area (Å²) in [4.78, 5) is 14.5. The summed E-state index contributed by atoms with van der Waals surface area (Å²) in [6, 6.07) is 7.93. The van der Waals surface area contributed by atoms with E-state index in [2.05, 4.69) is 0 Å². The zero-order chi connectivity index (χ0) is 14.2. The summed E-state index contributed by atoms with van der Waals surface area (Å²) in [5.41, 5.74) is 2.15. The number of para-hydroxylation sites is 1. The van der Waals surface area contributed by atoms with Gasteiger partial charge in [-0.3, -0.25) is 4.79 Å². The minimum absolute atomic E-state index is 0.0135. The van der Waals surface area contributed by atoms with Crippen LogP contribution in [0.1, 0.15) is 24.8 Å². The molecule has 20 heavy (non-hydrogen) atoms. The van der Waals surface area contributed by atoms with Crippen molar-refractivity contribution in [2.24, 2.45) is 5.92 Å². The zero-order valence-electron chi connectivity index (χ0n) is 11.4. The van der Waals surface area contributed by atoms with Gasteiger partial charge in [0.15, 0.2) is 9.84 Å². The number of fused-ring (bicyclic) bond motifs is 1. The number of benzene rings is 1. The molecule has 5 heteroatoms. The van der Waals surface area contributed by atoms with Gasteiger partial charge in [-0.25, -0.2) is 8.42 Å². The first kappa shape index (κ1) is 13.6. The highest BCUT2D eigenvalue weighted by Gasteiger charge is 2.34. The van der Waals surface area contributed by atoms with Gasteiger partial charge in [-0.1, -0.05) is 18.2 Å². The average molecular weight is 293 g/mol. The standard InChI is InChI=1S/C15H19NO3S/c17-15(13-7-4-10-20(18,19)11-13)16-9-3-6-12-5-1-2-8-14(12)16/h1-2,5,8,13H,3-4,6-7,9-11H2. The molecule has 0 radical (unpaired) electrons. The lowest BCUT2D eigenvalue weighted by Crippen LogP contribution is -2.43. The van der Waals surface area contributed by atoms with Gasteiger partial charge in [-0.05, 0) is 37.3 Å². The quantitative estimate of drug-likeness (QED) is 0.793. The summed E-state index contributed by atoms with van der Waals surface area (Å²) < 4.78 is 23.4. The number of nitrogens with zero attached hydrogens (tertiary/aromatic N) is 1. The highest BCUT2D eigenvalue weighted by Crippen LogP contribution is 2.30. The number of sulfone groups is 1. The summed E-state index contributed by atoms with van der Waals surface area (Å²) in [6.45, 7) is 0.701. The molecule has 0 aromatic heterocycles. The molecule has 1 unspecified atom stereocenters. The zero-order valence-corrected chi connectivity index (χ0v) is 12.2. The number of hydrogen-bond acceptors (Lipinski definition) is 3. The van der Waals surface area contributed by atoms with Crippen molar-refractivity contribution in [3.8, 4) is 0 Å². The minimum atomic E-state index is -3.04. The molecular weight excluding hydrogens is 274 g/mol. The molecule has 0 bridgehead atoms. The van der Waals surface area contributed by atoms with Gasteiger partial charge in [0.25, 0.3) is 0 Å². The van der Waals surface area contributed by atoms with Crippen molar-refractivity contribution in [1.82, 2.24) is 0 Å². The van der Waals surface area contributed by atoms with Gasteiger partial charge >= 0.3 is 0 Å². The van der Waals surface area contributed by atoms with E-state index in [4.69, 9.17) is 0 Å². The fraction of sp³-hybridized carbons (Fsp3) is 0.533. The third kappa shape index (κ3) is 2.59. The van der Waals surface area contributed by atoms with Crippen molar-refractivity contribution >= 4 is 21.4 Å². The maximum absolute atomic E-state index is 12.7. The van der Waals surface area contributed by atoms with Crippen LogP contribution in [0, 0.1) is 5.92 Å². The number of amides is 1. The molecule has 0 spiro atoms. The van der Waals surface area contributed by atoms with Crippen molar-refractivity contribution in [2.45, 2.75) is 25.7 Å². The molecule has 2 aliphatic rings. The lowest BCUT2D eigenvalue weighted by atomic mass is 9.98. The molecule has 1 fully saturated rings. The third-order valence-corrected chi connectivity index (χ3v) is 6.01. The Morgan fingerprint density at radius 2 is 2.00 bits per heavy atom. The average Bonchev–Trinajstić information content (AvgIpc) is 2.45. The molecule has 108 valence electrons. The van der Waals surface area contributed by atoms with Crippen LogP contribution >= 0.6 is 0 Å². The molecule has 1 aromatic carbocycles. The molecule has 3 rings (SSSR count). The van der Waals surface area contributed by atoms with Gasteiger partial charge in [0.2, 0.25) is 5.91 Å². The molecule has 1 saturated heterocycles. The van der Waals surface area contributed by atoms with E-state index in [-0.39, 0.29) is 23.3 Å². The molecule has 4 nitrogen and oxygen atoms in total. The Hall–Kier alpha value is -1.36. The van der Waals surface area contributed by atoms with Crippen molar-refractivity contribution in [1.29, 1.82) is 0 Å². The lowest BCUT2D eigenvalue weighted by Gasteiger charge is -2.33. The van der Waals surface area contributed by atoms with Crippen LogP contribution in [-0.4, -0.2) is 32.4 Å². The monoisotopic (exact) mass is 293 g/mol. The van der Waals surface area contributed by atoms with Crippen LogP contribution in [0.4, 0.5) is 5.69 Å². The fourth-order valence-electron chi connectivity index (χ4n) is 3.20. The number of hydrogen-bond donors (Lipinski definition) is 0. The summed E-state index contributed by atoms with van der Waals surface area (Å²) in [6.07, 6.45) is 3.23. The second kappa shape index (κ2) is 5.20. The molecule has 0 aliphatic carbocycles. The number of aryl methyl sites for hydroxylation is 1. The van der Waals surface area contributed by atoms with Gasteiger partial charge in [0.05, 0.1) is 17.4 Å². The minimum Gasteiger partial charge on any atom is -0.312 e. The Bertz CT molecular complexity index is 624. The Labute approximate surface area is 119 Å². The maximum Gasteiger partial charge on any atom is 0.231 e. The first-order chi connectivity index (χ1) is 9.57. The van der Waals surface area contributed by atoms with E-state index in [1.165, 1.54) is 5.56 Å². The SMILES string of the molecule is O=C(C1CCCS(=O)(=O)C1)N1CCCc2ccccc21. The van der Waals surface area contributed by atoms with E-state index < -0.39 is 9.84 Å². The smallest absolute Gasteiger partial charge is 0.231 e. The van der Waals surface area contributed by atoms with Crippen LogP contribution in [-0.2, 0) is 21.1 Å². The topological polar surface area (TPSA) is 54.5 Å². The van der Waals surface area contributed by atoms with Crippen LogP contribution < -0.4 is 4.90 Å². The van der Waals surface area contributed by atoms with Crippen LogP contribution in [0.15, 0.2) is 24.3 Å². The predicted octanol–water partition coefficient (Wildman–Crippen LogP) is 1.79. The highest BCUT2D eigenvalue weighted by molar-refractivity contribution is 7.91. The van der Waals surface area contributed by atoms with E-state index in [1.54, 1.807) is 4.90 Å². The van der Waals surface area contributed by atoms with Gasteiger partial charge in [0.1, 0.15) is 0 Å². The lowest BCUT2D eigenvalue weighted by molar-refractivity contribution is -0.122. The predicted molar refractivity (Wildman–Crippen MR) is 78.5 cm³/mol. The normalized spacial score (nSPS) is 25.0. The summed E-state index contributed by atoms with van der Waals surface area (Å²) in [7, 11) is -3.04. The second-order valence-electron chi connectivity index (χ2n) is 5.68. The molecule has 0 N–H and O–H groups in total. The van der Waals surface area contributed by atoms with E-state index in [9.17, 15) is 13.2 Å². The van der Waals surface area contributed by atoms with Gasteiger partial charge < -0.3 is 4.90 Å². The first-order valence-electron chi connectivity index (χ1n) is 7.16. The van der Waals surface area contributed by atoms with E-state index in [1.807, 2.05) is 24.3 Å². The van der Waals surface area contributed by atoms with Crippen molar-refractivity contribution < 1.29 is 13.2 Å². The van der Waals surface area contributed by atoms with Crippen molar-refractivity contribution in [3.63, 3.8) is 0 Å². The molecule has 1 atom stereocenters. The molecular formula is C15H19NO3S. The largest absolute Gasteiger partial charge is 0.312 e. The molecule has 2 aliphatic heterocycles. The van der Waals surface area contributed by atoms with Crippen molar-refractivity contribution in [3.05, 3.63) is 29.8 Å². The van der Waals surface area contributed by atoms with Crippen LogP contribution in [0.25, 0.3) is 0 Å². The molecule has 0 saturated carbocycles. The fourth-order valence-corrected chi connectivity index (χ4v) is 4.90. The van der Waals surface area contributed by atoms with Gasteiger partial charge in [-0.15, -0.1) is 0 Å². The van der Waals surface area contributed by atoms with E-state index in [0.717, 1.165) is 18.5 Å². The number of carbonyl (C=O) groups excluding carboxylic acids is 1. The maximum atomic E-state index is 12.7. The Balaban J connectivity index is 1.85. The van der Waals surface area contributed by atoms with Crippen LogP contribution in [0.5, 0.6) is 0 Å². The van der Waals surface area contributed by atoms with Gasteiger partial charge in [-0.2, -0.15) is 0 Å². The summed E-state index contributed by atoms with van der Waals surface area (Å²) >= 11 is 0. The number of rotatable bonds is 1. The first-order valence-corrected chi connectivity index (χ1v) is 8.99. The molecule has 2 heterocycles. The Morgan fingerprint density at radius 1 is 1.20 bits per heavy atom. The van der Waals surface area contributed by atoms with Crippen molar-refractivity contribution in [2.75, 3.05) is 23.0 Å². The molecule has 1 amide bonds. The number of carbonyl (C=O) groups is 1. The van der Waals surface area contributed by atoms with E-state index >= 15 is 0 Å².